The fourth-order valence-corrected chi connectivity index (χ4v) is 2.80. The molecule has 19 heavy (non-hydrogen) atoms. The van der Waals surface area contributed by atoms with E-state index in [1.54, 1.807) is 0 Å². The highest BCUT2D eigenvalue weighted by Gasteiger charge is 2.15. The summed E-state index contributed by atoms with van der Waals surface area (Å²) in [7, 11) is 0. The molecule has 0 fully saturated rings. The zero-order chi connectivity index (χ0) is 13.2. The van der Waals surface area contributed by atoms with Gasteiger partial charge in [0.2, 0.25) is 0 Å². The molecule has 3 aromatic carbocycles. The van der Waals surface area contributed by atoms with Crippen molar-refractivity contribution in [1.82, 2.24) is 0 Å². The topological polar surface area (TPSA) is 19.9 Å². The average Bonchev–Trinajstić information content (AvgIpc) is 2.44. The van der Waals surface area contributed by atoms with Gasteiger partial charge in [0.15, 0.2) is 0 Å². The van der Waals surface area contributed by atoms with Crippen LogP contribution in [0.3, 0.4) is 0 Å². The SMILES string of the molecule is CCCC([O])c1c2ccccc2cc2ccccc12. The van der Waals surface area contributed by atoms with E-state index in [1.165, 1.54) is 0 Å². The van der Waals surface area contributed by atoms with Crippen molar-refractivity contribution in [2.24, 2.45) is 0 Å². The van der Waals surface area contributed by atoms with Gasteiger partial charge in [0.05, 0.1) is 0 Å². The van der Waals surface area contributed by atoms with E-state index in [4.69, 9.17) is 0 Å². The summed E-state index contributed by atoms with van der Waals surface area (Å²) in [5, 5.41) is 17.1. The lowest BCUT2D eigenvalue weighted by Gasteiger charge is -2.15. The summed E-state index contributed by atoms with van der Waals surface area (Å²) in [6, 6.07) is 18.6. The fourth-order valence-electron chi connectivity index (χ4n) is 2.80. The Kier molecular flexibility index (Phi) is 3.22. The maximum atomic E-state index is 12.6. The smallest absolute Gasteiger partial charge is 0.119 e. The van der Waals surface area contributed by atoms with Crippen LogP contribution in [0.1, 0.15) is 31.4 Å². The Labute approximate surface area is 113 Å². The van der Waals surface area contributed by atoms with E-state index in [1.807, 2.05) is 24.3 Å². The molecule has 0 spiro atoms. The highest BCUT2D eigenvalue weighted by atomic mass is 16.3. The normalized spacial score (nSPS) is 12.9. The standard InChI is InChI=1S/C18H17O/c1-2-7-17(19)18-15-10-5-3-8-13(15)12-14-9-4-6-11-16(14)18/h3-6,8-12,17H,2,7H2,1H3. The van der Waals surface area contributed by atoms with Gasteiger partial charge in [-0.15, -0.1) is 0 Å². The molecule has 0 N–H and O–H groups in total. The van der Waals surface area contributed by atoms with E-state index in [2.05, 4.69) is 37.3 Å². The van der Waals surface area contributed by atoms with Gasteiger partial charge >= 0.3 is 0 Å². The minimum absolute atomic E-state index is 0.638. The van der Waals surface area contributed by atoms with Gasteiger partial charge < -0.3 is 0 Å². The van der Waals surface area contributed by atoms with Crippen LogP contribution in [0.5, 0.6) is 0 Å². The largest absolute Gasteiger partial charge is 0.228 e. The Morgan fingerprint density at radius 1 is 0.895 bits per heavy atom. The summed E-state index contributed by atoms with van der Waals surface area (Å²) in [4.78, 5) is 0. The molecule has 0 amide bonds. The Balaban J connectivity index is 2.39. The molecule has 0 saturated carbocycles. The van der Waals surface area contributed by atoms with E-state index >= 15 is 0 Å². The molecule has 3 aromatic rings. The van der Waals surface area contributed by atoms with E-state index in [-0.39, 0.29) is 0 Å². The van der Waals surface area contributed by atoms with Gasteiger partial charge in [-0.2, -0.15) is 0 Å². The van der Waals surface area contributed by atoms with Crippen molar-refractivity contribution in [3.05, 3.63) is 60.2 Å². The first-order valence-corrected chi connectivity index (χ1v) is 6.87. The van der Waals surface area contributed by atoms with Gasteiger partial charge in [-0.1, -0.05) is 61.9 Å². The van der Waals surface area contributed by atoms with Crippen LogP contribution in [0.2, 0.25) is 0 Å². The number of hydrogen-bond donors (Lipinski definition) is 0. The lowest BCUT2D eigenvalue weighted by molar-refractivity contribution is 0.0830. The molecule has 0 heterocycles. The maximum absolute atomic E-state index is 12.6. The van der Waals surface area contributed by atoms with Gasteiger partial charge in [-0.05, 0) is 39.6 Å². The molecule has 0 saturated heterocycles. The van der Waals surface area contributed by atoms with Crippen molar-refractivity contribution in [1.29, 1.82) is 0 Å². The number of rotatable bonds is 3. The molecule has 95 valence electrons. The molecular weight excluding hydrogens is 232 g/mol. The lowest BCUT2D eigenvalue weighted by atomic mass is 9.92. The number of fused-ring (bicyclic) bond motifs is 2. The van der Waals surface area contributed by atoms with Crippen LogP contribution in [0.4, 0.5) is 0 Å². The molecule has 0 aliphatic heterocycles. The Hall–Kier alpha value is -1.86. The summed E-state index contributed by atoms with van der Waals surface area (Å²) in [6.07, 6.45) is 0.977. The van der Waals surface area contributed by atoms with Crippen LogP contribution >= 0.6 is 0 Å². The quantitative estimate of drug-likeness (QED) is 0.564. The van der Waals surface area contributed by atoms with Crippen molar-refractivity contribution >= 4 is 21.5 Å². The van der Waals surface area contributed by atoms with E-state index < -0.39 is 6.10 Å². The second kappa shape index (κ2) is 5.02. The first-order valence-electron chi connectivity index (χ1n) is 6.87. The van der Waals surface area contributed by atoms with Crippen molar-refractivity contribution < 1.29 is 5.11 Å². The van der Waals surface area contributed by atoms with Gasteiger partial charge in [-0.3, -0.25) is 0 Å². The Morgan fingerprint density at radius 2 is 1.42 bits per heavy atom. The van der Waals surface area contributed by atoms with Crippen LogP contribution in [0, 0.1) is 0 Å². The first kappa shape index (κ1) is 12.2. The average molecular weight is 249 g/mol. The zero-order valence-electron chi connectivity index (χ0n) is 11.1. The second-order valence-corrected chi connectivity index (χ2v) is 5.01. The highest BCUT2D eigenvalue weighted by molar-refractivity contribution is 6.02. The summed E-state index contributed by atoms with van der Waals surface area (Å²) >= 11 is 0. The van der Waals surface area contributed by atoms with Gasteiger partial charge in [-0.25, -0.2) is 5.11 Å². The molecular formula is C18H17O. The van der Waals surface area contributed by atoms with Crippen LogP contribution < -0.4 is 0 Å². The van der Waals surface area contributed by atoms with Gasteiger partial charge in [0.1, 0.15) is 6.10 Å². The monoisotopic (exact) mass is 249 g/mol. The maximum Gasteiger partial charge on any atom is 0.119 e. The predicted octanol–water partition coefficient (Wildman–Crippen LogP) is 5.26. The third-order valence-electron chi connectivity index (χ3n) is 3.69. The molecule has 1 atom stereocenters. The van der Waals surface area contributed by atoms with Crippen LogP contribution in [-0.4, -0.2) is 0 Å². The highest BCUT2D eigenvalue weighted by Crippen LogP contribution is 2.34. The van der Waals surface area contributed by atoms with Crippen LogP contribution in [0.25, 0.3) is 21.5 Å². The van der Waals surface area contributed by atoms with E-state index in [9.17, 15) is 5.11 Å². The molecule has 0 aliphatic rings. The molecule has 1 radical (unpaired) electrons. The number of benzene rings is 3. The van der Waals surface area contributed by atoms with Gasteiger partial charge in [0.25, 0.3) is 0 Å². The predicted molar refractivity (Wildman–Crippen MR) is 79.8 cm³/mol. The van der Waals surface area contributed by atoms with E-state index in [0.29, 0.717) is 6.42 Å². The second-order valence-electron chi connectivity index (χ2n) is 5.01. The van der Waals surface area contributed by atoms with Crippen molar-refractivity contribution in [2.75, 3.05) is 0 Å². The molecule has 1 nitrogen and oxygen atoms in total. The summed E-state index contributed by atoms with van der Waals surface area (Å²) < 4.78 is 0. The minimum atomic E-state index is -0.638. The zero-order valence-corrected chi connectivity index (χ0v) is 11.1. The Bertz CT molecular complexity index is 661. The third-order valence-corrected chi connectivity index (χ3v) is 3.69. The third kappa shape index (κ3) is 2.11. The minimum Gasteiger partial charge on any atom is -0.228 e. The van der Waals surface area contributed by atoms with E-state index in [0.717, 1.165) is 33.5 Å². The van der Waals surface area contributed by atoms with Crippen molar-refractivity contribution in [3.63, 3.8) is 0 Å². The Morgan fingerprint density at radius 3 is 1.95 bits per heavy atom. The molecule has 0 aromatic heterocycles. The molecule has 1 unspecified atom stereocenters. The number of hydrogen-bond acceptors (Lipinski definition) is 0. The summed E-state index contributed by atoms with van der Waals surface area (Å²) in [5.74, 6) is 0. The molecule has 3 rings (SSSR count). The summed E-state index contributed by atoms with van der Waals surface area (Å²) in [5.41, 5.74) is 0.968. The van der Waals surface area contributed by atoms with Gasteiger partial charge in [0, 0.05) is 0 Å². The molecule has 1 heteroatoms. The molecule has 0 aliphatic carbocycles. The van der Waals surface area contributed by atoms with Crippen LogP contribution in [-0.2, 0) is 5.11 Å². The first-order chi connectivity index (χ1) is 9.31. The lowest BCUT2D eigenvalue weighted by Crippen LogP contribution is -1.98. The molecule has 0 bridgehead atoms. The summed E-state index contributed by atoms with van der Waals surface area (Å²) in [6.45, 7) is 2.07. The van der Waals surface area contributed by atoms with Crippen molar-refractivity contribution in [3.8, 4) is 0 Å². The fraction of sp³-hybridized carbons (Fsp3) is 0.222. The van der Waals surface area contributed by atoms with Crippen LogP contribution in [0.15, 0.2) is 54.6 Å². The van der Waals surface area contributed by atoms with Crippen molar-refractivity contribution in [2.45, 2.75) is 25.9 Å².